The van der Waals surface area contributed by atoms with Crippen LogP contribution in [0.15, 0.2) is 6.07 Å². The summed E-state index contributed by atoms with van der Waals surface area (Å²) in [6.07, 6.45) is 4.46. The fourth-order valence-corrected chi connectivity index (χ4v) is 3.31. The zero-order valence-electron chi connectivity index (χ0n) is 9.73. The Morgan fingerprint density at radius 1 is 1.41 bits per heavy atom. The van der Waals surface area contributed by atoms with Gasteiger partial charge in [-0.15, -0.1) is 11.3 Å². The molecule has 1 aliphatic carbocycles. The average molecular weight is 253 g/mol. The molecule has 1 aliphatic rings. The minimum Gasteiger partial charge on any atom is -0.480 e. The molecule has 0 fully saturated rings. The van der Waals surface area contributed by atoms with E-state index in [1.54, 1.807) is 0 Å². The van der Waals surface area contributed by atoms with Crippen molar-refractivity contribution in [2.24, 2.45) is 0 Å². The van der Waals surface area contributed by atoms with Crippen molar-refractivity contribution < 1.29 is 14.7 Å². The van der Waals surface area contributed by atoms with Crippen molar-refractivity contribution in [3.8, 4) is 0 Å². The molecule has 1 aromatic heterocycles. The van der Waals surface area contributed by atoms with E-state index in [2.05, 4.69) is 0 Å². The summed E-state index contributed by atoms with van der Waals surface area (Å²) in [7, 11) is 1.52. The molecule has 0 saturated heterocycles. The minimum atomic E-state index is -0.984. The van der Waals surface area contributed by atoms with E-state index in [1.807, 2.05) is 6.07 Å². The van der Waals surface area contributed by atoms with Crippen molar-refractivity contribution in [2.75, 3.05) is 13.6 Å². The summed E-state index contributed by atoms with van der Waals surface area (Å²) in [5, 5.41) is 8.65. The van der Waals surface area contributed by atoms with Crippen molar-refractivity contribution in [1.29, 1.82) is 0 Å². The number of aliphatic carboxylic acids is 1. The van der Waals surface area contributed by atoms with Gasteiger partial charge in [-0.2, -0.15) is 0 Å². The third-order valence-corrected chi connectivity index (χ3v) is 4.15. The first-order valence-electron chi connectivity index (χ1n) is 5.67. The van der Waals surface area contributed by atoms with Gasteiger partial charge >= 0.3 is 5.97 Å². The molecule has 0 atom stereocenters. The number of carbonyl (C=O) groups excluding carboxylic acids is 1. The fourth-order valence-electron chi connectivity index (χ4n) is 2.06. The number of carbonyl (C=O) groups is 2. The van der Waals surface area contributed by atoms with Crippen molar-refractivity contribution in [2.45, 2.75) is 25.7 Å². The Morgan fingerprint density at radius 3 is 2.76 bits per heavy atom. The number of carboxylic acids is 1. The maximum absolute atomic E-state index is 12.0. The lowest BCUT2D eigenvalue weighted by molar-refractivity contribution is -0.137. The van der Waals surface area contributed by atoms with Gasteiger partial charge in [0.25, 0.3) is 5.91 Å². The van der Waals surface area contributed by atoms with Gasteiger partial charge in [-0.05, 0) is 37.3 Å². The number of rotatable bonds is 3. The molecule has 1 heterocycles. The maximum atomic E-state index is 12.0. The monoisotopic (exact) mass is 253 g/mol. The number of likely N-dealkylation sites (N-methyl/N-ethyl adjacent to an activating group) is 1. The smallest absolute Gasteiger partial charge is 0.323 e. The zero-order valence-corrected chi connectivity index (χ0v) is 10.5. The fraction of sp³-hybridized carbons (Fsp3) is 0.500. The predicted octanol–water partition coefficient (Wildman–Crippen LogP) is 1.78. The molecular formula is C12H15NO3S. The molecule has 17 heavy (non-hydrogen) atoms. The molecule has 0 unspecified atom stereocenters. The second-order valence-electron chi connectivity index (χ2n) is 4.32. The topological polar surface area (TPSA) is 57.6 Å². The maximum Gasteiger partial charge on any atom is 0.323 e. The number of fused-ring (bicyclic) bond motifs is 1. The van der Waals surface area contributed by atoms with Gasteiger partial charge in [-0.1, -0.05) is 0 Å². The number of amides is 1. The van der Waals surface area contributed by atoms with Gasteiger partial charge in [0, 0.05) is 11.9 Å². The lowest BCUT2D eigenvalue weighted by atomic mass is 9.99. The van der Waals surface area contributed by atoms with Gasteiger partial charge in [0.2, 0.25) is 0 Å². The van der Waals surface area contributed by atoms with E-state index in [4.69, 9.17) is 5.11 Å². The quantitative estimate of drug-likeness (QED) is 0.893. The lowest BCUT2D eigenvalue weighted by Gasteiger charge is -2.12. The highest BCUT2D eigenvalue weighted by Gasteiger charge is 2.20. The van der Waals surface area contributed by atoms with Crippen LogP contribution in [0.5, 0.6) is 0 Å². The van der Waals surface area contributed by atoms with Gasteiger partial charge in [0.15, 0.2) is 0 Å². The Labute approximate surface area is 104 Å². The molecule has 0 bridgehead atoms. The van der Waals surface area contributed by atoms with Gasteiger partial charge in [0.05, 0.1) is 4.88 Å². The van der Waals surface area contributed by atoms with E-state index in [-0.39, 0.29) is 12.5 Å². The summed E-state index contributed by atoms with van der Waals surface area (Å²) in [5.41, 5.74) is 1.27. The minimum absolute atomic E-state index is 0.188. The van der Waals surface area contributed by atoms with Crippen molar-refractivity contribution >= 4 is 23.2 Å². The predicted molar refractivity (Wildman–Crippen MR) is 65.6 cm³/mol. The van der Waals surface area contributed by atoms with Crippen molar-refractivity contribution in [1.82, 2.24) is 4.90 Å². The average Bonchev–Trinajstić information content (AvgIpc) is 2.70. The van der Waals surface area contributed by atoms with Crippen LogP contribution in [0.4, 0.5) is 0 Å². The highest BCUT2D eigenvalue weighted by atomic mass is 32.1. The third-order valence-electron chi connectivity index (χ3n) is 2.93. The standard InChI is InChI=1S/C12H15NO3S/c1-13(7-11(14)15)12(16)10-6-8-4-2-3-5-9(8)17-10/h6H,2-5,7H2,1H3,(H,14,15). The molecular weight excluding hydrogens is 238 g/mol. The largest absolute Gasteiger partial charge is 0.480 e. The first-order chi connectivity index (χ1) is 8.08. The van der Waals surface area contributed by atoms with Crippen molar-refractivity contribution in [3.63, 3.8) is 0 Å². The highest BCUT2D eigenvalue weighted by molar-refractivity contribution is 7.14. The van der Waals surface area contributed by atoms with Crippen LogP contribution in [0, 0.1) is 0 Å². The number of hydrogen-bond donors (Lipinski definition) is 1. The molecule has 0 aromatic carbocycles. The van der Waals surface area contributed by atoms with Crippen molar-refractivity contribution in [3.05, 3.63) is 21.4 Å². The van der Waals surface area contributed by atoms with Gasteiger partial charge in [-0.25, -0.2) is 0 Å². The summed E-state index contributed by atoms with van der Waals surface area (Å²) in [6.45, 7) is -0.249. The van der Waals surface area contributed by atoms with Crippen LogP contribution < -0.4 is 0 Å². The second-order valence-corrected chi connectivity index (χ2v) is 5.46. The third kappa shape index (κ3) is 2.66. The number of carboxylic acid groups (broad SMARTS) is 1. The Bertz CT molecular complexity index is 429. The molecule has 5 heteroatoms. The van der Waals surface area contributed by atoms with Crippen LogP contribution in [-0.4, -0.2) is 35.5 Å². The van der Waals surface area contributed by atoms with E-state index in [1.165, 1.54) is 46.6 Å². The molecule has 2 rings (SSSR count). The van der Waals surface area contributed by atoms with Crippen LogP contribution in [0.2, 0.25) is 0 Å². The summed E-state index contributed by atoms with van der Waals surface area (Å²) in [4.78, 5) is 25.7. The zero-order chi connectivity index (χ0) is 12.4. The number of thiophene rings is 1. The van der Waals surface area contributed by atoms with Crippen LogP contribution in [-0.2, 0) is 17.6 Å². The molecule has 4 nitrogen and oxygen atoms in total. The Hall–Kier alpha value is -1.36. The number of hydrogen-bond acceptors (Lipinski definition) is 3. The molecule has 1 amide bonds. The van der Waals surface area contributed by atoms with Gasteiger partial charge in [0.1, 0.15) is 6.54 Å². The molecule has 0 aliphatic heterocycles. The number of nitrogens with zero attached hydrogens (tertiary/aromatic N) is 1. The lowest BCUT2D eigenvalue weighted by Crippen LogP contribution is -2.31. The van der Waals surface area contributed by atoms with E-state index in [0.29, 0.717) is 4.88 Å². The van der Waals surface area contributed by atoms with E-state index >= 15 is 0 Å². The Balaban J connectivity index is 2.14. The summed E-state index contributed by atoms with van der Waals surface area (Å²) in [5.74, 6) is -1.17. The molecule has 0 saturated carbocycles. The summed E-state index contributed by atoms with van der Waals surface area (Å²) < 4.78 is 0. The highest BCUT2D eigenvalue weighted by Crippen LogP contribution is 2.30. The molecule has 0 radical (unpaired) electrons. The van der Waals surface area contributed by atoms with Crippen LogP contribution in [0.1, 0.15) is 33.0 Å². The van der Waals surface area contributed by atoms with Crippen LogP contribution in [0.25, 0.3) is 0 Å². The van der Waals surface area contributed by atoms with E-state index < -0.39 is 5.97 Å². The van der Waals surface area contributed by atoms with Gasteiger partial charge < -0.3 is 10.0 Å². The first kappa shape index (κ1) is 12.1. The second kappa shape index (κ2) is 4.87. The molecule has 1 N–H and O–H groups in total. The molecule has 92 valence electrons. The SMILES string of the molecule is CN(CC(=O)O)C(=O)c1cc2c(s1)CCCC2. The number of aryl methyl sites for hydroxylation is 2. The van der Waals surface area contributed by atoms with Crippen LogP contribution in [0.3, 0.4) is 0 Å². The van der Waals surface area contributed by atoms with Crippen LogP contribution >= 0.6 is 11.3 Å². The molecule has 1 aromatic rings. The molecule has 0 spiro atoms. The Morgan fingerprint density at radius 2 is 2.12 bits per heavy atom. The van der Waals surface area contributed by atoms with Gasteiger partial charge in [-0.3, -0.25) is 9.59 Å². The normalized spacial score (nSPS) is 14.2. The first-order valence-corrected chi connectivity index (χ1v) is 6.48. The Kier molecular flexibility index (Phi) is 3.47. The van der Waals surface area contributed by atoms with E-state index in [0.717, 1.165) is 12.8 Å². The van der Waals surface area contributed by atoms with E-state index in [9.17, 15) is 9.59 Å². The summed E-state index contributed by atoms with van der Waals surface area (Å²) in [6, 6.07) is 1.93. The summed E-state index contributed by atoms with van der Waals surface area (Å²) >= 11 is 1.51.